The first-order chi connectivity index (χ1) is 13.1. The summed E-state index contributed by atoms with van der Waals surface area (Å²) < 4.78 is 6.01. The molecule has 3 rings (SSSR count). The molecule has 0 amide bonds. The second-order valence-electron chi connectivity index (χ2n) is 7.05. The summed E-state index contributed by atoms with van der Waals surface area (Å²) in [6, 6.07) is 21.1. The Bertz CT molecular complexity index is 921. The lowest BCUT2D eigenvalue weighted by molar-refractivity contribution is -0.107. The maximum Gasteiger partial charge on any atom is 0.120 e. The highest BCUT2D eigenvalue weighted by atomic mass is 16.5. The van der Waals surface area contributed by atoms with Crippen molar-refractivity contribution in [2.45, 2.75) is 40.2 Å². The lowest BCUT2D eigenvalue weighted by atomic mass is 9.95. The summed E-state index contributed by atoms with van der Waals surface area (Å²) in [5, 5.41) is 0. The Balaban J connectivity index is 1.74. The second-order valence-corrected chi connectivity index (χ2v) is 7.05. The van der Waals surface area contributed by atoms with E-state index in [4.69, 9.17) is 4.74 Å². The minimum Gasteiger partial charge on any atom is -0.489 e. The molecule has 0 aliphatic rings. The minimum absolute atomic E-state index is 0.534. The van der Waals surface area contributed by atoms with Crippen molar-refractivity contribution >= 4 is 6.29 Å². The summed E-state index contributed by atoms with van der Waals surface area (Å²) in [6.07, 6.45) is 2.31. The maximum absolute atomic E-state index is 10.6. The van der Waals surface area contributed by atoms with Gasteiger partial charge < -0.3 is 9.53 Å². The first-order valence-corrected chi connectivity index (χ1v) is 9.40. The number of aldehydes is 1. The normalized spacial score (nSPS) is 10.6. The average molecular weight is 358 g/mol. The van der Waals surface area contributed by atoms with E-state index in [-0.39, 0.29) is 0 Å². The van der Waals surface area contributed by atoms with Crippen LogP contribution in [0.3, 0.4) is 0 Å². The van der Waals surface area contributed by atoms with Crippen LogP contribution in [0.2, 0.25) is 0 Å². The first kappa shape index (κ1) is 18.9. The molecular formula is C25H26O2. The third-order valence-electron chi connectivity index (χ3n) is 4.95. The molecule has 27 heavy (non-hydrogen) atoms. The van der Waals surface area contributed by atoms with Gasteiger partial charge in [0.1, 0.15) is 18.6 Å². The highest BCUT2D eigenvalue weighted by molar-refractivity contribution is 5.71. The fourth-order valence-corrected chi connectivity index (χ4v) is 3.51. The zero-order valence-electron chi connectivity index (χ0n) is 16.3. The molecule has 0 saturated carbocycles. The van der Waals surface area contributed by atoms with Crippen molar-refractivity contribution in [2.24, 2.45) is 0 Å². The Morgan fingerprint density at radius 3 is 2.30 bits per heavy atom. The third-order valence-corrected chi connectivity index (χ3v) is 4.95. The Morgan fingerprint density at radius 1 is 0.852 bits per heavy atom. The number of rotatable bonds is 7. The molecule has 138 valence electrons. The molecule has 0 N–H and O–H groups in total. The van der Waals surface area contributed by atoms with Crippen LogP contribution in [0.4, 0.5) is 0 Å². The molecule has 2 nitrogen and oxygen atoms in total. The monoisotopic (exact) mass is 358 g/mol. The lowest BCUT2D eigenvalue weighted by Crippen LogP contribution is -1.98. The van der Waals surface area contributed by atoms with E-state index in [9.17, 15) is 4.79 Å². The van der Waals surface area contributed by atoms with Gasteiger partial charge in [-0.2, -0.15) is 0 Å². The van der Waals surface area contributed by atoms with Crippen LogP contribution in [0.5, 0.6) is 5.75 Å². The number of aryl methyl sites for hydroxylation is 4. The minimum atomic E-state index is 0.534. The largest absolute Gasteiger partial charge is 0.489 e. The van der Waals surface area contributed by atoms with Gasteiger partial charge in [0.05, 0.1) is 0 Å². The van der Waals surface area contributed by atoms with Gasteiger partial charge in [0.25, 0.3) is 0 Å². The molecule has 0 atom stereocenters. The third kappa shape index (κ3) is 4.65. The predicted octanol–water partition coefficient (Wildman–Crippen LogP) is 5.99. The number of hydrogen-bond donors (Lipinski definition) is 0. The predicted molar refractivity (Wildman–Crippen MR) is 111 cm³/mol. The van der Waals surface area contributed by atoms with Crippen molar-refractivity contribution in [1.82, 2.24) is 0 Å². The van der Waals surface area contributed by atoms with Gasteiger partial charge in [0, 0.05) is 6.42 Å². The van der Waals surface area contributed by atoms with Gasteiger partial charge in [-0.25, -0.2) is 0 Å². The van der Waals surface area contributed by atoms with Gasteiger partial charge in [-0.05, 0) is 84.3 Å². The summed E-state index contributed by atoms with van der Waals surface area (Å²) in [6.45, 7) is 6.90. The number of hydrogen-bond acceptors (Lipinski definition) is 2. The van der Waals surface area contributed by atoms with Gasteiger partial charge in [-0.3, -0.25) is 0 Å². The van der Waals surface area contributed by atoms with Crippen molar-refractivity contribution in [1.29, 1.82) is 0 Å². The van der Waals surface area contributed by atoms with Crippen molar-refractivity contribution in [3.8, 4) is 16.9 Å². The average Bonchev–Trinajstić information content (AvgIpc) is 2.66. The van der Waals surface area contributed by atoms with E-state index in [1.165, 1.54) is 33.4 Å². The zero-order chi connectivity index (χ0) is 19.2. The van der Waals surface area contributed by atoms with Crippen LogP contribution in [-0.2, 0) is 17.8 Å². The maximum atomic E-state index is 10.6. The number of benzene rings is 3. The molecule has 0 unspecified atom stereocenters. The van der Waals surface area contributed by atoms with Gasteiger partial charge in [0.15, 0.2) is 0 Å². The van der Waals surface area contributed by atoms with Crippen LogP contribution in [0, 0.1) is 20.8 Å². The fourth-order valence-electron chi connectivity index (χ4n) is 3.51. The molecule has 2 heteroatoms. The van der Waals surface area contributed by atoms with Crippen LogP contribution < -0.4 is 4.74 Å². The van der Waals surface area contributed by atoms with E-state index < -0.39 is 0 Å². The van der Waals surface area contributed by atoms with Crippen molar-refractivity contribution in [3.63, 3.8) is 0 Å². The molecule has 0 fully saturated rings. The smallest absolute Gasteiger partial charge is 0.120 e. The van der Waals surface area contributed by atoms with Gasteiger partial charge in [-0.1, -0.05) is 42.5 Å². The molecule has 3 aromatic rings. The Labute approximate surface area is 161 Å². The van der Waals surface area contributed by atoms with Gasteiger partial charge in [0.2, 0.25) is 0 Å². The van der Waals surface area contributed by atoms with E-state index in [0.717, 1.165) is 24.0 Å². The van der Waals surface area contributed by atoms with Gasteiger partial charge in [-0.15, -0.1) is 0 Å². The molecule has 0 aliphatic heterocycles. The van der Waals surface area contributed by atoms with Crippen LogP contribution in [-0.4, -0.2) is 6.29 Å². The summed E-state index contributed by atoms with van der Waals surface area (Å²) in [4.78, 5) is 10.6. The van der Waals surface area contributed by atoms with Gasteiger partial charge >= 0.3 is 0 Å². The summed E-state index contributed by atoms with van der Waals surface area (Å²) in [5.74, 6) is 0.861. The van der Waals surface area contributed by atoms with Crippen molar-refractivity contribution in [3.05, 3.63) is 88.5 Å². The molecule has 0 spiro atoms. The summed E-state index contributed by atoms with van der Waals surface area (Å²) in [7, 11) is 0. The zero-order valence-corrected chi connectivity index (χ0v) is 16.3. The van der Waals surface area contributed by atoms with Crippen LogP contribution in [0.25, 0.3) is 11.1 Å². The van der Waals surface area contributed by atoms with E-state index in [2.05, 4.69) is 75.4 Å². The number of carbonyl (C=O) groups is 1. The standard InChI is InChI=1S/C25H26O2/c1-18-7-4-8-19(2)25(18)23-10-5-9-21(16-23)17-27-24-13-12-22(11-6-14-26)20(3)15-24/h4-5,7-10,12-16H,6,11,17H2,1-3H3. The second kappa shape index (κ2) is 8.68. The van der Waals surface area contributed by atoms with Crippen molar-refractivity contribution in [2.75, 3.05) is 0 Å². The molecular weight excluding hydrogens is 332 g/mol. The van der Waals surface area contributed by atoms with Crippen LogP contribution >= 0.6 is 0 Å². The Hall–Kier alpha value is -2.87. The number of carbonyl (C=O) groups excluding carboxylic acids is 1. The highest BCUT2D eigenvalue weighted by Crippen LogP contribution is 2.28. The SMILES string of the molecule is Cc1cc(OCc2cccc(-c3c(C)cccc3C)c2)ccc1CCC=O. The van der Waals surface area contributed by atoms with E-state index >= 15 is 0 Å². The quantitative estimate of drug-likeness (QED) is 0.485. The van der Waals surface area contributed by atoms with Crippen LogP contribution in [0.1, 0.15) is 34.2 Å². The molecule has 0 aromatic heterocycles. The fraction of sp³-hybridized carbons (Fsp3) is 0.240. The molecule has 0 radical (unpaired) electrons. The van der Waals surface area contributed by atoms with E-state index in [1.54, 1.807) is 0 Å². The molecule has 0 saturated heterocycles. The van der Waals surface area contributed by atoms with E-state index in [0.29, 0.717) is 13.0 Å². The topological polar surface area (TPSA) is 26.3 Å². The Kier molecular flexibility index (Phi) is 6.08. The highest BCUT2D eigenvalue weighted by Gasteiger charge is 2.07. The Morgan fingerprint density at radius 2 is 1.59 bits per heavy atom. The molecule has 0 bridgehead atoms. The van der Waals surface area contributed by atoms with Crippen molar-refractivity contribution < 1.29 is 9.53 Å². The molecule has 0 aliphatic carbocycles. The molecule has 0 heterocycles. The first-order valence-electron chi connectivity index (χ1n) is 9.40. The summed E-state index contributed by atoms with van der Waals surface area (Å²) in [5.41, 5.74) is 8.62. The number of ether oxygens (including phenoxy) is 1. The summed E-state index contributed by atoms with van der Waals surface area (Å²) >= 11 is 0. The van der Waals surface area contributed by atoms with Crippen LogP contribution in [0.15, 0.2) is 60.7 Å². The molecule has 3 aromatic carbocycles. The lowest BCUT2D eigenvalue weighted by Gasteiger charge is -2.13. The van der Waals surface area contributed by atoms with E-state index in [1.807, 2.05) is 6.07 Å².